The first-order valence-electron chi connectivity index (χ1n) is 8.29. The third-order valence-corrected chi connectivity index (χ3v) is 5.92. The minimum atomic E-state index is -0.532. The van der Waals surface area contributed by atoms with Crippen LogP contribution in [0.5, 0.6) is 5.75 Å². The van der Waals surface area contributed by atoms with E-state index in [4.69, 9.17) is 11.6 Å². The van der Waals surface area contributed by atoms with Gasteiger partial charge in [0.25, 0.3) is 5.91 Å². The number of halogens is 2. The minimum Gasteiger partial charge on any atom is -0.507 e. The predicted molar refractivity (Wildman–Crippen MR) is 100 cm³/mol. The standard InChI is InChI=1S/C19H19ClFNO2S/c20-15-11-13(7-8-16(15)21)22-19(24)12-6-9-17(23)18(10-12)25-14-4-2-1-3-5-14/h6-11,14,23H,1-5H2,(H,22,24). The minimum absolute atomic E-state index is 0.0444. The van der Waals surface area contributed by atoms with Crippen molar-refractivity contribution in [2.75, 3.05) is 5.32 Å². The highest BCUT2D eigenvalue weighted by Gasteiger charge is 2.18. The molecule has 0 aromatic heterocycles. The van der Waals surface area contributed by atoms with Gasteiger partial charge in [-0.2, -0.15) is 0 Å². The van der Waals surface area contributed by atoms with Crippen molar-refractivity contribution in [3.8, 4) is 5.75 Å². The normalized spacial score (nSPS) is 15.1. The van der Waals surface area contributed by atoms with Crippen LogP contribution in [0, 0.1) is 5.82 Å². The number of rotatable bonds is 4. The van der Waals surface area contributed by atoms with Gasteiger partial charge in [0.1, 0.15) is 11.6 Å². The highest BCUT2D eigenvalue weighted by Crippen LogP contribution is 2.38. The number of anilines is 1. The van der Waals surface area contributed by atoms with Crippen molar-refractivity contribution in [1.29, 1.82) is 0 Å². The lowest BCUT2D eigenvalue weighted by atomic mass is 10.0. The number of aromatic hydroxyl groups is 1. The van der Waals surface area contributed by atoms with Crippen LogP contribution in [0.25, 0.3) is 0 Å². The van der Waals surface area contributed by atoms with E-state index in [9.17, 15) is 14.3 Å². The molecule has 0 unspecified atom stereocenters. The highest BCUT2D eigenvalue weighted by molar-refractivity contribution is 8.00. The first-order valence-corrected chi connectivity index (χ1v) is 9.55. The molecule has 0 bridgehead atoms. The molecule has 1 aliphatic carbocycles. The molecule has 2 aromatic carbocycles. The van der Waals surface area contributed by atoms with E-state index in [1.165, 1.54) is 43.5 Å². The number of phenolic OH excluding ortho intramolecular Hbond substituents is 1. The summed E-state index contributed by atoms with van der Waals surface area (Å²) in [6, 6.07) is 8.84. The van der Waals surface area contributed by atoms with Gasteiger partial charge in [0.15, 0.2) is 0 Å². The summed E-state index contributed by atoms with van der Waals surface area (Å²) in [5.74, 6) is -0.666. The molecule has 25 heavy (non-hydrogen) atoms. The molecule has 132 valence electrons. The molecule has 1 fully saturated rings. The number of phenols is 1. The summed E-state index contributed by atoms with van der Waals surface area (Å²) in [4.78, 5) is 13.1. The maximum atomic E-state index is 13.2. The van der Waals surface area contributed by atoms with Crippen molar-refractivity contribution >= 4 is 35.0 Å². The Hall–Kier alpha value is -1.72. The van der Waals surface area contributed by atoms with Gasteiger partial charge in [-0.3, -0.25) is 4.79 Å². The molecule has 0 aliphatic heterocycles. The van der Waals surface area contributed by atoms with E-state index in [1.807, 2.05) is 0 Å². The number of hydrogen-bond acceptors (Lipinski definition) is 3. The molecule has 1 amide bonds. The zero-order valence-electron chi connectivity index (χ0n) is 13.6. The monoisotopic (exact) mass is 379 g/mol. The van der Waals surface area contributed by atoms with Gasteiger partial charge in [-0.1, -0.05) is 30.9 Å². The number of nitrogens with one attached hydrogen (secondary N) is 1. The molecule has 6 heteroatoms. The topological polar surface area (TPSA) is 49.3 Å². The Balaban J connectivity index is 1.73. The Labute approximate surface area is 155 Å². The van der Waals surface area contributed by atoms with Crippen LogP contribution in [-0.2, 0) is 0 Å². The lowest BCUT2D eigenvalue weighted by Crippen LogP contribution is -2.12. The molecule has 0 heterocycles. The van der Waals surface area contributed by atoms with E-state index in [0.717, 1.165) is 17.7 Å². The molecular weight excluding hydrogens is 361 g/mol. The molecule has 2 N–H and O–H groups in total. The van der Waals surface area contributed by atoms with E-state index in [-0.39, 0.29) is 16.7 Å². The summed E-state index contributed by atoms with van der Waals surface area (Å²) in [5, 5.41) is 13.2. The number of thioether (sulfide) groups is 1. The van der Waals surface area contributed by atoms with E-state index < -0.39 is 5.82 Å². The lowest BCUT2D eigenvalue weighted by molar-refractivity contribution is 0.102. The largest absolute Gasteiger partial charge is 0.507 e. The first kappa shape index (κ1) is 18.1. The van der Waals surface area contributed by atoms with Crippen LogP contribution in [0.15, 0.2) is 41.3 Å². The van der Waals surface area contributed by atoms with Crippen molar-refractivity contribution < 1.29 is 14.3 Å². The Kier molecular flexibility index (Phi) is 5.86. The molecule has 0 atom stereocenters. The summed E-state index contributed by atoms with van der Waals surface area (Å²) >= 11 is 7.37. The molecule has 2 aromatic rings. The number of carbonyl (C=O) groups excluding carboxylic acids is 1. The third-order valence-electron chi connectivity index (χ3n) is 4.25. The SMILES string of the molecule is O=C(Nc1ccc(F)c(Cl)c1)c1ccc(O)c(SC2CCCCC2)c1. The van der Waals surface area contributed by atoms with Gasteiger partial charge < -0.3 is 10.4 Å². The smallest absolute Gasteiger partial charge is 0.255 e. The first-order chi connectivity index (χ1) is 12.0. The predicted octanol–water partition coefficient (Wildman–Crippen LogP) is 5.86. The van der Waals surface area contributed by atoms with Gasteiger partial charge in [-0.15, -0.1) is 11.8 Å². The van der Waals surface area contributed by atoms with Crippen molar-refractivity contribution in [2.45, 2.75) is 42.2 Å². The fourth-order valence-corrected chi connectivity index (χ4v) is 4.38. The van der Waals surface area contributed by atoms with E-state index >= 15 is 0 Å². The van der Waals surface area contributed by atoms with Gasteiger partial charge in [-0.25, -0.2) is 4.39 Å². The van der Waals surface area contributed by atoms with Crippen molar-refractivity contribution in [1.82, 2.24) is 0 Å². The average molecular weight is 380 g/mol. The fourth-order valence-electron chi connectivity index (χ4n) is 2.89. The van der Waals surface area contributed by atoms with Crippen LogP contribution in [0.1, 0.15) is 42.5 Å². The fraction of sp³-hybridized carbons (Fsp3) is 0.316. The van der Waals surface area contributed by atoms with E-state index in [2.05, 4.69) is 5.32 Å². The number of hydrogen-bond donors (Lipinski definition) is 2. The molecule has 1 saturated carbocycles. The summed E-state index contributed by atoms with van der Waals surface area (Å²) in [6.45, 7) is 0. The van der Waals surface area contributed by atoms with Gasteiger partial charge in [-0.05, 0) is 49.2 Å². The lowest BCUT2D eigenvalue weighted by Gasteiger charge is -2.21. The maximum absolute atomic E-state index is 13.2. The molecule has 3 rings (SSSR count). The Morgan fingerprint density at radius 1 is 1.16 bits per heavy atom. The zero-order chi connectivity index (χ0) is 17.8. The van der Waals surface area contributed by atoms with Crippen molar-refractivity contribution in [3.05, 3.63) is 52.8 Å². The number of benzene rings is 2. The second-order valence-corrected chi connectivity index (χ2v) is 7.89. The summed E-state index contributed by atoms with van der Waals surface area (Å²) in [5.41, 5.74) is 0.863. The summed E-state index contributed by atoms with van der Waals surface area (Å²) in [6.07, 6.45) is 5.96. The van der Waals surface area contributed by atoms with Crippen LogP contribution in [0.2, 0.25) is 5.02 Å². The summed E-state index contributed by atoms with van der Waals surface area (Å²) < 4.78 is 13.2. The summed E-state index contributed by atoms with van der Waals surface area (Å²) in [7, 11) is 0. The molecule has 1 aliphatic rings. The van der Waals surface area contributed by atoms with Crippen LogP contribution >= 0.6 is 23.4 Å². The van der Waals surface area contributed by atoms with Crippen LogP contribution < -0.4 is 5.32 Å². The van der Waals surface area contributed by atoms with Crippen molar-refractivity contribution in [3.63, 3.8) is 0 Å². The highest BCUT2D eigenvalue weighted by atomic mass is 35.5. The second kappa shape index (κ2) is 8.11. The van der Waals surface area contributed by atoms with E-state index in [1.54, 1.807) is 23.9 Å². The molecule has 0 spiro atoms. The van der Waals surface area contributed by atoms with Gasteiger partial charge in [0.2, 0.25) is 0 Å². The average Bonchev–Trinajstić information content (AvgIpc) is 2.61. The van der Waals surface area contributed by atoms with Gasteiger partial charge >= 0.3 is 0 Å². The van der Waals surface area contributed by atoms with Gasteiger partial charge in [0.05, 0.1) is 9.92 Å². The number of amides is 1. The zero-order valence-corrected chi connectivity index (χ0v) is 15.2. The van der Waals surface area contributed by atoms with Crippen LogP contribution in [0.3, 0.4) is 0 Å². The molecule has 0 radical (unpaired) electrons. The molecular formula is C19H19ClFNO2S. The van der Waals surface area contributed by atoms with Crippen LogP contribution in [-0.4, -0.2) is 16.3 Å². The Morgan fingerprint density at radius 3 is 2.64 bits per heavy atom. The Bertz CT molecular complexity index is 778. The van der Waals surface area contributed by atoms with E-state index in [0.29, 0.717) is 16.5 Å². The second-order valence-electron chi connectivity index (χ2n) is 6.14. The number of carbonyl (C=O) groups is 1. The molecule has 3 nitrogen and oxygen atoms in total. The quantitative estimate of drug-likeness (QED) is 0.699. The van der Waals surface area contributed by atoms with Crippen molar-refractivity contribution in [2.24, 2.45) is 0 Å². The Morgan fingerprint density at radius 2 is 1.92 bits per heavy atom. The van der Waals surface area contributed by atoms with Crippen LogP contribution in [0.4, 0.5) is 10.1 Å². The van der Waals surface area contributed by atoms with Gasteiger partial charge in [0, 0.05) is 16.5 Å². The maximum Gasteiger partial charge on any atom is 0.255 e. The third kappa shape index (κ3) is 4.67. The molecule has 0 saturated heterocycles.